The maximum atomic E-state index is 13.4. The van der Waals surface area contributed by atoms with Gasteiger partial charge in [-0.2, -0.15) is 0 Å². The minimum Gasteiger partial charge on any atom is -0.380 e. The van der Waals surface area contributed by atoms with Crippen molar-refractivity contribution in [2.24, 2.45) is 5.73 Å². The third-order valence-corrected chi connectivity index (χ3v) is 3.09. The molecule has 1 heterocycles. The zero-order chi connectivity index (χ0) is 13.1. The number of anilines is 1. The van der Waals surface area contributed by atoms with Crippen molar-refractivity contribution >= 4 is 11.7 Å². The molecule has 0 unspecified atom stereocenters. The summed E-state index contributed by atoms with van der Waals surface area (Å²) < 4.78 is 26.4. The molecule has 0 aromatic heterocycles. The standard InChI is InChI=1S/C12H15F2N3O/c13-8-1-2-10(14)11(7-8)16-9-3-5-17(6-4-9)12(15)18/h1-2,7,9,16H,3-6H2,(H2,15,18). The highest BCUT2D eigenvalue weighted by molar-refractivity contribution is 5.72. The number of carbonyl (C=O) groups is 1. The molecule has 0 saturated carbocycles. The Labute approximate surface area is 104 Å². The van der Waals surface area contributed by atoms with E-state index in [1.165, 1.54) is 0 Å². The van der Waals surface area contributed by atoms with Crippen molar-refractivity contribution in [3.63, 3.8) is 0 Å². The summed E-state index contributed by atoms with van der Waals surface area (Å²) in [6.07, 6.45) is 1.33. The molecule has 1 saturated heterocycles. The van der Waals surface area contributed by atoms with Crippen LogP contribution >= 0.6 is 0 Å². The van der Waals surface area contributed by atoms with Crippen molar-refractivity contribution in [1.29, 1.82) is 0 Å². The lowest BCUT2D eigenvalue weighted by Crippen LogP contribution is -2.44. The Morgan fingerprint density at radius 3 is 2.61 bits per heavy atom. The summed E-state index contributed by atoms with van der Waals surface area (Å²) in [5.41, 5.74) is 5.33. The van der Waals surface area contributed by atoms with Crippen LogP contribution in [0, 0.1) is 11.6 Å². The molecular weight excluding hydrogens is 240 g/mol. The summed E-state index contributed by atoms with van der Waals surface area (Å²) in [4.78, 5) is 12.5. The monoisotopic (exact) mass is 255 g/mol. The van der Waals surface area contributed by atoms with E-state index >= 15 is 0 Å². The Kier molecular flexibility index (Phi) is 3.64. The molecule has 0 radical (unpaired) electrons. The van der Waals surface area contributed by atoms with Crippen LogP contribution < -0.4 is 11.1 Å². The van der Waals surface area contributed by atoms with Crippen molar-refractivity contribution in [2.45, 2.75) is 18.9 Å². The van der Waals surface area contributed by atoms with Gasteiger partial charge in [-0.15, -0.1) is 0 Å². The molecule has 0 bridgehead atoms. The molecule has 2 amide bonds. The fraction of sp³-hybridized carbons (Fsp3) is 0.417. The topological polar surface area (TPSA) is 58.4 Å². The van der Waals surface area contributed by atoms with Gasteiger partial charge in [-0.1, -0.05) is 0 Å². The number of hydrogen-bond donors (Lipinski definition) is 2. The Morgan fingerprint density at radius 1 is 1.33 bits per heavy atom. The van der Waals surface area contributed by atoms with E-state index in [4.69, 9.17) is 5.73 Å². The van der Waals surface area contributed by atoms with Gasteiger partial charge in [-0.25, -0.2) is 13.6 Å². The maximum Gasteiger partial charge on any atom is 0.314 e. The van der Waals surface area contributed by atoms with Gasteiger partial charge in [0, 0.05) is 19.1 Å². The van der Waals surface area contributed by atoms with E-state index in [0.29, 0.717) is 25.9 Å². The third-order valence-electron chi connectivity index (χ3n) is 3.09. The number of hydrogen-bond acceptors (Lipinski definition) is 2. The van der Waals surface area contributed by atoms with Crippen LogP contribution in [0.2, 0.25) is 0 Å². The van der Waals surface area contributed by atoms with Crippen molar-refractivity contribution < 1.29 is 13.6 Å². The average molecular weight is 255 g/mol. The first-order valence-electron chi connectivity index (χ1n) is 5.82. The Morgan fingerprint density at radius 2 is 2.00 bits per heavy atom. The van der Waals surface area contributed by atoms with Gasteiger partial charge < -0.3 is 16.0 Å². The van der Waals surface area contributed by atoms with Crippen LogP contribution in [0.3, 0.4) is 0 Å². The largest absolute Gasteiger partial charge is 0.380 e. The molecule has 1 fully saturated rings. The second kappa shape index (κ2) is 5.20. The molecule has 0 aliphatic carbocycles. The van der Waals surface area contributed by atoms with Crippen molar-refractivity contribution in [2.75, 3.05) is 18.4 Å². The fourth-order valence-corrected chi connectivity index (χ4v) is 2.07. The van der Waals surface area contributed by atoms with Crippen LogP contribution in [-0.2, 0) is 0 Å². The van der Waals surface area contributed by atoms with Gasteiger partial charge in [0.15, 0.2) is 0 Å². The van der Waals surface area contributed by atoms with Gasteiger partial charge in [0.2, 0.25) is 0 Å². The van der Waals surface area contributed by atoms with Gasteiger partial charge in [0.1, 0.15) is 11.6 Å². The number of piperidine rings is 1. The van der Waals surface area contributed by atoms with Crippen LogP contribution in [0.1, 0.15) is 12.8 Å². The van der Waals surface area contributed by atoms with Crippen LogP contribution in [0.4, 0.5) is 19.3 Å². The minimum atomic E-state index is -0.478. The SMILES string of the molecule is NC(=O)N1CCC(Nc2cc(F)ccc2F)CC1. The minimum absolute atomic E-state index is 0.0249. The number of nitrogens with zero attached hydrogens (tertiary/aromatic N) is 1. The van der Waals surface area contributed by atoms with E-state index in [1.54, 1.807) is 4.90 Å². The molecule has 2 rings (SSSR count). The summed E-state index contributed by atoms with van der Waals surface area (Å²) in [6, 6.07) is 2.89. The van der Waals surface area contributed by atoms with Crippen LogP contribution in [0.5, 0.6) is 0 Å². The number of halogens is 2. The molecule has 0 atom stereocenters. The molecule has 3 N–H and O–H groups in total. The highest BCUT2D eigenvalue weighted by Crippen LogP contribution is 2.20. The van der Waals surface area contributed by atoms with Crippen molar-refractivity contribution in [1.82, 2.24) is 4.90 Å². The molecule has 1 aliphatic rings. The quantitative estimate of drug-likeness (QED) is 0.848. The van der Waals surface area contributed by atoms with Crippen molar-refractivity contribution in [3.8, 4) is 0 Å². The lowest BCUT2D eigenvalue weighted by Gasteiger charge is -2.31. The lowest BCUT2D eigenvalue weighted by atomic mass is 10.0. The molecule has 1 aromatic rings. The van der Waals surface area contributed by atoms with Crippen molar-refractivity contribution in [3.05, 3.63) is 29.8 Å². The number of carbonyl (C=O) groups excluding carboxylic acids is 1. The number of amides is 2. The summed E-state index contributed by atoms with van der Waals surface area (Å²) in [7, 11) is 0. The molecule has 0 spiro atoms. The van der Waals surface area contributed by atoms with Crippen LogP contribution in [0.15, 0.2) is 18.2 Å². The second-order valence-corrected chi connectivity index (χ2v) is 4.37. The van der Waals surface area contributed by atoms with E-state index < -0.39 is 17.7 Å². The van der Waals surface area contributed by atoms with E-state index in [9.17, 15) is 13.6 Å². The maximum absolute atomic E-state index is 13.4. The lowest BCUT2D eigenvalue weighted by molar-refractivity contribution is 0.193. The fourth-order valence-electron chi connectivity index (χ4n) is 2.07. The average Bonchev–Trinajstić information content (AvgIpc) is 2.34. The number of primary amides is 1. The Balaban J connectivity index is 1.95. The normalized spacial score (nSPS) is 16.7. The second-order valence-electron chi connectivity index (χ2n) is 4.37. The van der Waals surface area contributed by atoms with E-state index in [0.717, 1.165) is 18.2 Å². The number of likely N-dealkylation sites (tertiary alicyclic amines) is 1. The zero-order valence-corrected chi connectivity index (χ0v) is 9.83. The highest BCUT2D eigenvalue weighted by atomic mass is 19.1. The van der Waals surface area contributed by atoms with E-state index in [1.807, 2.05) is 0 Å². The van der Waals surface area contributed by atoms with Gasteiger partial charge >= 0.3 is 6.03 Å². The van der Waals surface area contributed by atoms with E-state index in [-0.39, 0.29) is 11.7 Å². The molecule has 1 aromatic carbocycles. The molecule has 98 valence electrons. The summed E-state index contributed by atoms with van der Waals surface area (Å²) in [5, 5.41) is 2.96. The summed E-state index contributed by atoms with van der Waals surface area (Å²) >= 11 is 0. The van der Waals surface area contributed by atoms with Gasteiger partial charge in [-0.3, -0.25) is 0 Å². The first-order valence-corrected chi connectivity index (χ1v) is 5.82. The third kappa shape index (κ3) is 2.88. The first-order chi connectivity index (χ1) is 8.56. The highest BCUT2D eigenvalue weighted by Gasteiger charge is 2.21. The van der Waals surface area contributed by atoms with Gasteiger partial charge in [-0.05, 0) is 31.0 Å². The number of nitrogens with two attached hydrogens (primary N) is 1. The summed E-state index contributed by atoms with van der Waals surface area (Å²) in [5.74, 6) is -0.956. The molecular formula is C12H15F2N3O. The molecule has 18 heavy (non-hydrogen) atoms. The first kappa shape index (κ1) is 12.6. The summed E-state index contributed by atoms with van der Waals surface area (Å²) in [6.45, 7) is 1.06. The molecule has 1 aliphatic heterocycles. The Bertz CT molecular complexity index is 445. The van der Waals surface area contributed by atoms with Crippen LogP contribution in [0.25, 0.3) is 0 Å². The number of nitrogens with one attached hydrogen (secondary N) is 1. The van der Waals surface area contributed by atoms with E-state index in [2.05, 4.69) is 5.32 Å². The van der Waals surface area contributed by atoms with Gasteiger partial charge in [0.05, 0.1) is 5.69 Å². The van der Waals surface area contributed by atoms with Crippen LogP contribution in [-0.4, -0.2) is 30.1 Å². The predicted octanol–water partition coefficient (Wildman–Crippen LogP) is 1.92. The zero-order valence-electron chi connectivity index (χ0n) is 9.83. The number of urea groups is 1. The smallest absolute Gasteiger partial charge is 0.314 e. The predicted molar refractivity (Wildman–Crippen MR) is 64.2 cm³/mol. The molecule has 6 heteroatoms. The Hall–Kier alpha value is -1.85. The van der Waals surface area contributed by atoms with Gasteiger partial charge in [0.25, 0.3) is 0 Å². The number of rotatable bonds is 2. The molecule has 4 nitrogen and oxygen atoms in total. The number of benzene rings is 1.